The number of H-pyrrole nitrogens is 1. The SMILES string of the molecule is Cc1[nH]c(=O)n([C@H]2C[C@@H](n3cnc4c(NCC(c5ccccc5)c5ccccc5)nc(N5CC[C@@H](NC(=O)Nc6cccc(S(N)(=O)=O)c6)C5)nc43)[C@H](O)[C@@H]2O)c1O. The van der Waals surface area contributed by atoms with Gasteiger partial charge < -0.3 is 45.7 Å². The summed E-state index contributed by atoms with van der Waals surface area (Å²) in [6.07, 6.45) is -0.588. The lowest BCUT2D eigenvalue weighted by Gasteiger charge is -2.22. The van der Waals surface area contributed by atoms with E-state index in [1.165, 1.54) is 24.5 Å². The zero-order valence-electron chi connectivity index (χ0n) is 31.3. The molecule has 58 heavy (non-hydrogen) atoms. The summed E-state index contributed by atoms with van der Waals surface area (Å²) in [6.45, 7) is 2.79. The number of amides is 2. The number of nitrogens with one attached hydrogen (secondary N) is 4. The lowest BCUT2D eigenvalue weighted by atomic mass is 9.91. The van der Waals surface area contributed by atoms with E-state index in [0.717, 1.165) is 15.7 Å². The van der Waals surface area contributed by atoms with Crippen LogP contribution in [0.4, 0.5) is 22.2 Å². The molecule has 0 bridgehead atoms. The van der Waals surface area contributed by atoms with Crippen molar-refractivity contribution < 1.29 is 28.5 Å². The van der Waals surface area contributed by atoms with Crippen LogP contribution in [-0.4, -0.2) is 96.7 Å². The lowest BCUT2D eigenvalue weighted by molar-refractivity contribution is 0.00761. The van der Waals surface area contributed by atoms with Crippen molar-refractivity contribution in [1.82, 2.24) is 34.4 Å². The van der Waals surface area contributed by atoms with Crippen LogP contribution in [0.25, 0.3) is 11.2 Å². The molecule has 1 saturated carbocycles. The molecule has 5 atom stereocenters. The molecule has 19 heteroatoms. The molecule has 0 spiro atoms. The summed E-state index contributed by atoms with van der Waals surface area (Å²) in [5.41, 5.74) is 2.86. The Balaban J connectivity index is 1.10. The summed E-state index contributed by atoms with van der Waals surface area (Å²) in [6, 6.07) is 23.2. The van der Waals surface area contributed by atoms with Gasteiger partial charge >= 0.3 is 11.7 Å². The number of carbonyl (C=O) groups excluding carboxylic acids is 1. The van der Waals surface area contributed by atoms with Gasteiger partial charge in [0, 0.05) is 37.3 Å². The number of anilines is 3. The van der Waals surface area contributed by atoms with Crippen LogP contribution in [0.5, 0.6) is 5.88 Å². The Morgan fingerprint density at radius 3 is 2.33 bits per heavy atom. The van der Waals surface area contributed by atoms with Gasteiger partial charge in [0.1, 0.15) is 12.2 Å². The van der Waals surface area contributed by atoms with Crippen molar-refractivity contribution in [3.05, 3.63) is 119 Å². The quantitative estimate of drug-likeness (QED) is 0.0940. The molecule has 3 aromatic heterocycles. The van der Waals surface area contributed by atoms with E-state index >= 15 is 0 Å². The highest BCUT2D eigenvalue weighted by Crippen LogP contribution is 2.41. The molecule has 1 saturated heterocycles. The number of urea groups is 1. The van der Waals surface area contributed by atoms with E-state index in [1.54, 1.807) is 17.6 Å². The zero-order valence-corrected chi connectivity index (χ0v) is 32.1. The number of hydrogen-bond acceptors (Lipinski definition) is 12. The van der Waals surface area contributed by atoms with Gasteiger partial charge in [0.25, 0.3) is 0 Å². The summed E-state index contributed by atoms with van der Waals surface area (Å²) < 4.78 is 26.4. The van der Waals surface area contributed by atoms with Crippen molar-refractivity contribution in [2.45, 2.75) is 60.9 Å². The number of aromatic hydroxyl groups is 1. The van der Waals surface area contributed by atoms with Gasteiger partial charge in [0.2, 0.25) is 21.9 Å². The number of fused-ring (bicyclic) bond motifs is 1. The predicted octanol–water partition coefficient (Wildman–Crippen LogP) is 2.53. The number of aromatic nitrogens is 6. The predicted molar refractivity (Wildman–Crippen MR) is 215 cm³/mol. The van der Waals surface area contributed by atoms with Crippen molar-refractivity contribution in [2.24, 2.45) is 5.14 Å². The van der Waals surface area contributed by atoms with Gasteiger partial charge in [-0.3, -0.25) is 4.57 Å². The van der Waals surface area contributed by atoms with Gasteiger partial charge in [-0.05, 0) is 49.1 Å². The molecule has 0 unspecified atom stereocenters. The largest absolute Gasteiger partial charge is 0.493 e. The normalized spacial score (nSPS) is 20.8. The Hall–Kier alpha value is -6.28. The molecule has 9 N–H and O–H groups in total. The Morgan fingerprint density at radius 2 is 1.67 bits per heavy atom. The monoisotopic (exact) mass is 809 g/mol. The molecule has 8 rings (SSSR count). The molecule has 2 aliphatic rings. The first-order valence-electron chi connectivity index (χ1n) is 18.8. The molecule has 3 aromatic carbocycles. The fourth-order valence-corrected chi connectivity index (χ4v) is 8.51. The van der Waals surface area contributed by atoms with Crippen LogP contribution < -0.4 is 31.7 Å². The first kappa shape index (κ1) is 38.6. The number of aryl methyl sites for hydroxylation is 1. The fourth-order valence-electron chi connectivity index (χ4n) is 7.95. The molecule has 18 nitrogen and oxygen atoms in total. The van der Waals surface area contributed by atoms with Crippen molar-refractivity contribution >= 4 is 44.7 Å². The van der Waals surface area contributed by atoms with Crippen LogP contribution in [0.15, 0.2) is 101 Å². The highest BCUT2D eigenvalue weighted by molar-refractivity contribution is 7.89. The Labute approximate surface area is 332 Å². The first-order valence-corrected chi connectivity index (χ1v) is 20.3. The third kappa shape index (κ3) is 7.59. The van der Waals surface area contributed by atoms with Crippen LogP contribution in [-0.2, 0) is 10.0 Å². The number of hydrogen-bond donors (Lipinski definition) is 8. The third-order valence-electron chi connectivity index (χ3n) is 10.9. The van der Waals surface area contributed by atoms with Gasteiger partial charge in [-0.25, -0.2) is 28.1 Å². The first-order chi connectivity index (χ1) is 27.9. The highest BCUT2D eigenvalue weighted by atomic mass is 32.2. The number of aliphatic hydroxyl groups is 2. The average molecular weight is 810 g/mol. The van der Waals surface area contributed by atoms with Crippen molar-refractivity contribution in [1.29, 1.82) is 0 Å². The number of benzene rings is 3. The van der Waals surface area contributed by atoms with E-state index in [1.807, 2.05) is 41.3 Å². The molecule has 1 aliphatic heterocycles. The molecular formula is C39H43N11O7S. The van der Waals surface area contributed by atoms with Gasteiger partial charge in [0.15, 0.2) is 17.0 Å². The minimum absolute atomic E-state index is 0.0640. The summed E-state index contributed by atoms with van der Waals surface area (Å²) in [5.74, 6) is 0.380. The molecule has 6 aromatic rings. The second kappa shape index (κ2) is 15.6. The number of aromatic amines is 1. The molecule has 302 valence electrons. The number of sulfonamides is 1. The molecule has 2 fully saturated rings. The number of aliphatic hydroxyl groups excluding tert-OH is 2. The summed E-state index contributed by atoms with van der Waals surface area (Å²) in [4.78, 5) is 44.7. The summed E-state index contributed by atoms with van der Waals surface area (Å²) >= 11 is 0. The van der Waals surface area contributed by atoms with Crippen LogP contribution in [0.2, 0.25) is 0 Å². The van der Waals surface area contributed by atoms with E-state index in [2.05, 4.69) is 45.2 Å². The minimum Gasteiger partial charge on any atom is -0.493 e. The number of rotatable bonds is 11. The minimum atomic E-state index is -3.96. The topological polar surface area (TPSA) is 259 Å². The third-order valence-corrected chi connectivity index (χ3v) is 11.8. The van der Waals surface area contributed by atoms with E-state index in [-0.39, 0.29) is 40.5 Å². The molecular weight excluding hydrogens is 767 g/mol. The second-order valence-electron chi connectivity index (χ2n) is 14.7. The van der Waals surface area contributed by atoms with E-state index in [0.29, 0.717) is 49.0 Å². The standard InChI is InChI=1S/C39H43N11O7S/c1-22-36(53)50(39(55)43-22)30-18-29(32(51)33(30)52)49-21-42-31-34(41-19-28(23-9-4-2-5-10-23)24-11-6-3-7-12-24)46-37(47-35(31)49)48-16-15-26(20-48)45-38(54)44-25-13-8-14-27(17-25)58(40,56)57/h2-14,17,21,26,28-30,32-33,51-53H,15-16,18-20H2,1H3,(H,43,55)(H2,40,56,57)(H,41,46,47)(H2,44,45,54)/t26-,29-,30+,32+,33-/m1/s1. The van der Waals surface area contributed by atoms with Gasteiger partial charge in [-0.1, -0.05) is 66.7 Å². The number of imidazole rings is 2. The summed E-state index contributed by atoms with van der Waals surface area (Å²) in [7, 11) is -3.96. The molecule has 2 amide bonds. The zero-order chi connectivity index (χ0) is 40.7. The summed E-state index contributed by atoms with van der Waals surface area (Å²) in [5, 5.41) is 47.7. The average Bonchev–Trinajstić information content (AvgIpc) is 3.98. The Morgan fingerprint density at radius 1 is 0.983 bits per heavy atom. The van der Waals surface area contributed by atoms with Crippen molar-refractivity contribution in [2.75, 3.05) is 35.2 Å². The Bertz CT molecular complexity index is 2580. The number of nitrogens with zero attached hydrogens (tertiary/aromatic N) is 6. The van der Waals surface area contributed by atoms with E-state index in [4.69, 9.17) is 20.1 Å². The smallest absolute Gasteiger partial charge is 0.328 e. The maximum absolute atomic E-state index is 13.0. The van der Waals surface area contributed by atoms with Gasteiger partial charge in [-0.2, -0.15) is 9.97 Å². The van der Waals surface area contributed by atoms with E-state index in [9.17, 15) is 33.3 Å². The highest BCUT2D eigenvalue weighted by Gasteiger charge is 2.46. The van der Waals surface area contributed by atoms with Gasteiger partial charge in [-0.15, -0.1) is 0 Å². The van der Waals surface area contributed by atoms with Crippen molar-refractivity contribution in [3.8, 4) is 5.88 Å². The molecule has 0 radical (unpaired) electrons. The van der Waals surface area contributed by atoms with Crippen molar-refractivity contribution in [3.63, 3.8) is 0 Å². The van der Waals surface area contributed by atoms with Gasteiger partial charge in [0.05, 0.1) is 29.0 Å². The van der Waals surface area contributed by atoms with Crippen LogP contribution in [0.1, 0.15) is 47.7 Å². The molecule has 1 aliphatic carbocycles. The lowest BCUT2D eigenvalue weighted by Crippen LogP contribution is -2.40. The maximum Gasteiger partial charge on any atom is 0.328 e. The fraction of sp³-hybridized carbons (Fsp3) is 0.308. The number of primary sulfonamides is 1. The van der Waals surface area contributed by atoms with Crippen LogP contribution >= 0.6 is 0 Å². The number of nitrogens with two attached hydrogens (primary N) is 1. The van der Waals surface area contributed by atoms with Crippen LogP contribution in [0.3, 0.4) is 0 Å². The second-order valence-corrected chi connectivity index (χ2v) is 16.2. The maximum atomic E-state index is 13.0. The van der Waals surface area contributed by atoms with Crippen LogP contribution in [0, 0.1) is 6.92 Å². The van der Waals surface area contributed by atoms with E-state index < -0.39 is 46.0 Å². The Kier molecular flexibility index (Phi) is 10.4. The number of carbonyl (C=O) groups is 1. The molecule has 4 heterocycles.